The minimum atomic E-state index is -0.832. The fourth-order valence-corrected chi connectivity index (χ4v) is 4.19. The van der Waals surface area contributed by atoms with Crippen LogP contribution in [0, 0.1) is 0 Å². The highest BCUT2D eigenvalue weighted by atomic mass is 35.5. The van der Waals surface area contributed by atoms with Gasteiger partial charge in [-0.3, -0.25) is 14.9 Å². The van der Waals surface area contributed by atoms with Gasteiger partial charge in [-0.25, -0.2) is 9.69 Å². The van der Waals surface area contributed by atoms with Gasteiger partial charge in [-0.1, -0.05) is 72.3 Å². The Morgan fingerprint density at radius 3 is 2.33 bits per heavy atom. The number of carbonyl (C=O) groups is 3. The number of hydrogen-bond donors (Lipinski definition) is 1. The average molecular weight is 456 g/mol. The zero-order valence-electron chi connectivity index (χ0n) is 17.4. The van der Waals surface area contributed by atoms with Crippen molar-refractivity contribution in [3.63, 3.8) is 0 Å². The number of barbiturate groups is 1. The number of para-hydroxylation sites is 2. The van der Waals surface area contributed by atoms with Crippen LogP contribution in [0.2, 0.25) is 5.02 Å². The molecule has 0 saturated carbocycles. The number of carbonyl (C=O) groups excluding carboxylic acids is 3. The van der Waals surface area contributed by atoms with E-state index in [4.69, 9.17) is 11.6 Å². The molecule has 1 aromatic heterocycles. The van der Waals surface area contributed by atoms with Gasteiger partial charge in [-0.05, 0) is 29.8 Å². The molecular formula is C26H18ClN3O3. The Balaban J connectivity index is 1.59. The molecule has 0 atom stereocenters. The maximum Gasteiger partial charge on any atom is 0.335 e. The third-order valence-corrected chi connectivity index (χ3v) is 5.83. The minimum absolute atomic E-state index is 0.142. The molecule has 0 spiro atoms. The van der Waals surface area contributed by atoms with E-state index in [1.807, 2.05) is 60.8 Å². The Kier molecular flexibility index (Phi) is 5.28. The Labute approximate surface area is 194 Å². The molecule has 1 aliphatic heterocycles. The summed E-state index contributed by atoms with van der Waals surface area (Å²) in [5, 5.41) is 3.37. The number of anilines is 1. The van der Waals surface area contributed by atoms with E-state index in [9.17, 15) is 14.4 Å². The molecule has 1 fully saturated rings. The van der Waals surface area contributed by atoms with E-state index in [0.717, 1.165) is 21.4 Å². The van der Waals surface area contributed by atoms with E-state index >= 15 is 0 Å². The number of hydrogen-bond acceptors (Lipinski definition) is 3. The van der Waals surface area contributed by atoms with Crippen LogP contribution in [0.25, 0.3) is 17.0 Å². The number of aromatic nitrogens is 1. The average Bonchev–Trinajstić information content (AvgIpc) is 3.16. The van der Waals surface area contributed by atoms with Crippen molar-refractivity contribution < 1.29 is 14.4 Å². The second-order valence-corrected chi connectivity index (χ2v) is 8.03. The maximum atomic E-state index is 13.2. The van der Waals surface area contributed by atoms with Crippen molar-refractivity contribution in [3.05, 3.63) is 107 Å². The number of rotatable bonds is 4. The molecule has 0 bridgehead atoms. The maximum absolute atomic E-state index is 13.2. The van der Waals surface area contributed by atoms with Crippen molar-refractivity contribution in [2.75, 3.05) is 4.90 Å². The second-order valence-electron chi connectivity index (χ2n) is 7.62. The first-order valence-corrected chi connectivity index (χ1v) is 10.7. The van der Waals surface area contributed by atoms with E-state index in [-0.39, 0.29) is 16.3 Å². The quantitative estimate of drug-likeness (QED) is 0.347. The van der Waals surface area contributed by atoms with Crippen LogP contribution < -0.4 is 10.2 Å². The van der Waals surface area contributed by atoms with Crippen LogP contribution in [-0.4, -0.2) is 22.4 Å². The second kappa shape index (κ2) is 8.41. The zero-order chi connectivity index (χ0) is 22.9. The normalized spacial score (nSPS) is 15.4. The summed E-state index contributed by atoms with van der Waals surface area (Å²) in [6.07, 6.45) is 3.43. The smallest absolute Gasteiger partial charge is 0.335 e. The van der Waals surface area contributed by atoms with Gasteiger partial charge in [0.25, 0.3) is 11.8 Å². The summed E-state index contributed by atoms with van der Waals surface area (Å²) in [6.45, 7) is 0.634. The molecule has 1 aliphatic rings. The fourth-order valence-electron chi connectivity index (χ4n) is 3.97. The van der Waals surface area contributed by atoms with Gasteiger partial charge in [0.1, 0.15) is 5.57 Å². The molecule has 0 unspecified atom stereocenters. The molecule has 3 aromatic carbocycles. The number of halogens is 1. The first-order valence-electron chi connectivity index (χ1n) is 10.3. The number of benzene rings is 3. The Morgan fingerprint density at radius 2 is 1.55 bits per heavy atom. The fraction of sp³-hybridized carbons (Fsp3) is 0.0385. The summed E-state index contributed by atoms with van der Waals surface area (Å²) >= 11 is 6.21. The van der Waals surface area contributed by atoms with Gasteiger partial charge in [0, 0.05) is 29.2 Å². The van der Waals surface area contributed by atoms with Crippen LogP contribution in [0.4, 0.5) is 10.5 Å². The van der Waals surface area contributed by atoms with Gasteiger partial charge in [0.2, 0.25) is 0 Å². The van der Waals surface area contributed by atoms with E-state index in [0.29, 0.717) is 12.1 Å². The molecule has 0 radical (unpaired) electrons. The van der Waals surface area contributed by atoms with E-state index < -0.39 is 17.8 Å². The SMILES string of the molecule is O=C1NC(=O)N(c2ccccc2Cl)C(=O)C1=Cc1cn(Cc2ccccc2)c2ccccc12. The summed E-state index contributed by atoms with van der Waals surface area (Å²) in [6, 6.07) is 23.4. The van der Waals surface area contributed by atoms with Gasteiger partial charge < -0.3 is 4.57 Å². The van der Waals surface area contributed by atoms with Crippen molar-refractivity contribution in [2.45, 2.75) is 6.54 Å². The van der Waals surface area contributed by atoms with Crippen molar-refractivity contribution in [2.24, 2.45) is 0 Å². The molecule has 2 heterocycles. The van der Waals surface area contributed by atoms with E-state index in [1.165, 1.54) is 6.08 Å². The highest BCUT2D eigenvalue weighted by Crippen LogP contribution is 2.30. The summed E-state index contributed by atoms with van der Waals surface area (Å²) in [5.41, 5.74) is 2.87. The van der Waals surface area contributed by atoms with E-state index in [2.05, 4.69) is 9.88 Å². The molecule has 162 valence electrons. The molecule has 0 aliphatic carbocycles. The highest BCUT2D eigenvalue weighted by Gasteiger charge is 2.37. The molecule has 5 rings (SSSR count). The number of nitrogens with zero attached hydrogens (tertiary/aromatic N) is 2. The summed E-state index contributed by atoms with van der Waals surface area (Å²) in [5.74, 6) is -1.47. The summed E-state index contributed by atoms with van der Waals surface area (Å²) in [4.78, 5) is 39.2. The van der Waals surface area contributed by atoms with Crippen molar-refractivity contribution in [1.82, 2.24) is 9.88 Å². The number of amides is 4. The number of urea groups is 1. The molecule has 7 heteroatoms. The molecule has 33 heavy (non-hydrogen) atoms. The van der Waals surface area contributed by atoms with Gasteiger partial charge >= 0.3 is 6.03 Å². The molecule has 6 nitrogen and oxygen atoms in total. The Bertz CT molecular complexity index is 1440. The lowest BCUT2D eigenvalue weighted by molar-refractivity contribution is -0.122. The standard InChI is InChI=1S/C26H18ClN3O3/c27-21-11-5-7-13-23(21)30-25(32)20(24(31)28-26(30)33)14-18-16-29(15-17-8-2-1-3-9-17)22-12-6-4-10-19(18)22/h1-14,16H,15H2,(H,28,31,33). The monoisotopic (exact) mass is 455 g/mol. The molecule has 4 aromatic rings. The van der Waals surface area contributed by atoms with E-state index in [1.54, 1.807) is 24.3 Å². The lowest BCUT2D eigenvalue weighted by atomic mass is 10.1. The molecule has 4 amide bonds. The Hall–Kier alpha value is -4.16. The van der Waals surface area contributed by atoms with Crippen LogP contribution >= 0.6 is 11.6 Å². The lowest BCUT2D eigenvalue weighted by Crippen LogP contribution is -2.54. The van der Waals surface area contributed by atoms with Gasteiger partial charge in [-0.15, -0.1) is 0 Å². The third kappa shape index (κ3) is 3.81. The number of fused-ring (bicyclic) bond motifs is 1. The number of nitrogens with one attached hydrogen (secondary N) is 1. The molecule has 1 saturated heterocycles. The molecular weight excluding hydrogens is 438 g/mol. The van der Waals surface area contributed by atoms with Crippen molar-refractivity contribution >= 4 is 52.1 Å². The highest BCUT2D eigenvalue weighted by molar-refractivity contribution is 6.42. The van der Waals surface area contributed by atoms with Crippen molar-refractivity contribution in [3.8, 4) is 0 Å². The van der Waals surface area contributed by atoms with Gasteiger partial charge in [0.15, 0.2) is 0 Å². The van der Waals surface area contributed by atoms with Gasteiger partial charge in [0.05, 0.1) is 10.7 Å². The Morgan fingerprint density at radius 1 is 0.848 bits per heavy atom. The van der Waals surface area contributed by atoms with Crippen LogP contribution in [0.3, 0.4) is 0 Å². The zero-order valence-corrected chi connectivity index (χ0v) is 18.1. The van der Waals surface area contributed by atoms with Crippen LogP contribution in [0.5, 0.6) is 0 Å². The topological polar surface area (TPSA) is 71.4 Å². The third-order valence-electron chi connectivity index (χ3n) is 5.51. The predicted octanol–water partition coefficient (Wildman–Crippen LogP) is 5.01. The first-order chi connectivity index (χ1) is 16.0. The van der Waals surface area contributed by atoms with Gasteiger partial charge in [-0.2, -0.15) is 0 Å². The summed E-state index contributed by atoms with van der Waals surface area (Å²) < 4.78 is 2.07. The summed E-state index contributed by atoms with van der Waals surface area (Å²) in [7, 11) is 0. The largest absolute Gasteiger partial charge is 0.342 e. The number of imide groups is 2. The minimum Gasteiger partial charge on any atom is -0.342 e. The van der Waals surface area contributed by atoms with Crippen LogP contribution in [0.15, 0.2) is 90.6 Å². The molecule has 1 N–H and O–H groups in total. The predicted molar refractivity (Wildman–Crippen MR) is 128 cm³/mol. The lowest BCUT2D eigenvalue weighted by Gasteiger charge is -2.26. The van der Waals surface area contributed by atoms with Crippen LogP contribution in [0.1, 0.15) is 11.1 Å². The van der Waals surface area contributed by atoms with Crippen LogP contribution in [-0.2, 0) is 16.1 Å². The van der Waals surface area contributed by atoms with Crippen molar-refractivity contribution in [1.29, 1.82) is 0 Å². The first kappa shape index (κ1) is 20.7.